The minimum Gasteiger partial charge on any atom is -0.309 e. The van der Waals surface area contributed by atoms with E-state index in [1.54, 1.807) is 0 Å². The molecule has 5 heteroatoms. The van der Waals surface area contributed by atoms with Crippen LogP contribution in [0.15, 0.2) is 328 Å². The van der Waals surface area contributed by atoms with Gasteiger partial charge in [0.25, 0.3) is 0 Å². The second-order valence-electron chi connectivity index (χ2n) is 22.3. The van der Waals surface area contributed by atoms with Crippen molar-refractivity contribution in [1.82, 2.24) is 19.5 Å². The molecule has 0 unspecified atom stereocenters. The molecule has 13 aromatic carbocycles. The Morgan fingerprint density at radius 3 is 1.02 bits per heavy atom. The lowest BCUT2D eigenvalue weighted by Crippen LogP contribution is -2.72. The average Bonchev–Trinajstić information content (AvgIpc) is 1.59. The third-order valence-electron chi connectivity index (χ3n) is 17.4. The second kappa shape index (κ2) is 21.3. The Morgan fingerprint density at radius 2 is 0.558 bits per heavy atom. The molecule has 402 valence electrons. The van der Waals surface area contributed by atoms with Crippen LogP contribution in [0.2, 0.25) is 0 Å². The summed E-state index contributed by atoms with van der Waals surface area (Å²) in [5.74, 6) is 1.85. The van der Waals surface area contributed by atoms with Crippen molar-refractivity contribution >= 4 is 50.6 Å². The van der Waals surface area contributed by atoms with Gasteiger partial charge in [-0.25, -0.2) is 15.0 Å². The van der Waals surface area contributed by atoms with Gasteiger partial charge in [0.1, 0.15) is 0 Å². The van der Waals surface area contributed by atoms with Gasteiger partial charge in [-0.15, -0.1) is 0 Å². The van der Waals surface area contributed by atoms with Crippen molar-refractivity contribution in [2.75, 3.05) is 0 Å². The molecule has 1 aliphatic rings. The van der Waals surface area contributed by atoms with E-state index in [9.17, 15) is 0 Å². The zero-order valence-electron chi connectivity index (χ0n) is 47.0. The molecule has 0 saturated carbocycles. The predicted octanol–water partition coefficient (Wildman–Crippen LogP) is 17.7. The highest BCUT2D eigenvalue weighted by Crippen LogP contribution is 2.39. The van der Waals surface area contributed by atoms with Gasteiger partial charge in [0.05, 0.1) is 11.0 Å². The van der Waals surface area contributed by atoms with E-state index in [1.165, 1.54) is 87.1 Å². The van der Waals surface area contributed by atoms with E-state index in [4.69, 9.17) is 15.0 Å². The summed E-state index contributed by atoms with van der Waals surface area (Å²) in [6.45, 7) is 0. The fraction of sp³-hybridized carbons (Fsp3) is 0. The highest BCUT2D eigenvalue weighted by molar-refractivity contribution is 7.22. The summed E-state index contributed by atoms with van der Waals surface area (Å²) in [5, 5.41) is 7.78. The van der Waals surface area contributed by atoms with Gasteiger partial charge in [-0.05, 0) is 124 Å². The van der Waals surface area contributed by atoms with Crippen LogP contribution in [-0.2, 0) is 0 Å². The van der Waals surface area contributed by atoms with E-state index in [0.717, 1.165) is 44.6 Å². The smallest absolute Gasteiger partial charge is 0.180 e. The van der Waals surface area contributed by atoms with Gasteiger partial charge in [0, 0.05) is 33.2 Å². The van der Waals surface area contributed by atoms with Crippen LogP contribution in [0.3, 0.4) is 0 Å². The Labute approximate surface area is 501 Å². The largest absolute Gasteiger partial charge is 0.309 e. The van der Waals surface area contributed by atoms with Crippen LogP contribution in [0.25, 0.3) is 128 Å². The van der Waals surface area contributed by atoms with E-state index in [-0.39, 0.29) is 0 Å². The van der Waals surface area contributed by atoms with Crippen LogP contribution in [0.1, 0.15) is 0 Å². The molecule has 15 aromatic rings. The van der Waals surface area contributed by atoms with Crippen LogP contribution in [0, 0.1) is 0 Å². The van der Waals surface area contributed by atoms with Crippen LogP contribution in [0.4, 0.5) is 0 Å². The molecule has 86 heavy (non-hydrogen) atoms. The Kier molecular flexibility index (Phi) is 12.5. The molecule has 0 saturated heterocycles. The van der Waals surface area contributed by atoms with Gasteiger partial charge in [0.2, 0.25) is 0 Å². The van der Waals surface area contributed by atoms with Gasteiger partial charge in [-0.2, -0.15) is 0 Å². The van der Waals surface area contributed by atoms with E-state index in [2.05, 4.69) is 320 Å². The third kappa shape index (κ3) is 8.80. The monoisotopic (exact) mass is 1110 g/mol. The zero-order chi connectivity index (χ0) is 57.0. The SMILES string of the molecule is c1ccc(-c2ccc(-c3nc(-c4ccc(-c5ccccc5)cc4)nc(-c4ccc([Si]5(c6ccc7c(c6)c6ccccc6n7-c6cccc(-c7ccccc7)c6)c6ccc(-c7ccccc7)cc6-c6cc(-c7ccccc7)ccc65)cc4)n3)cc2)cc1. The summed E-state index contributed by atoms with van der Waals surface area (Å²) in [7, 11) is -3.18. The average molecular weight is 1110 g/mol. The summed E-state index contributed by atoms with van der Waals surface area (Å²) in [4.78, 5) is 15.8. The van der Waals surface area contributed by atoms with Crippen LogP contribution in [-0.4, -0.2) is 27.6 Å². The van der Waals surface area contributed by atoms with Crippen molar-refractivity contribution in [2.45, 2.75) is 0 Å². The molecule has 16 rings (SSSR count). The van der Waals surface area contributed by atoms with Gasteiger partial charge in [-0.3, -0.25) is 0 Å². The molecule has 0 fully saturated rings. The van der Waals surface area contributed by atoms with Gasteiger partial charge in [0.15, 0.2) is 25.5 Å². The first-order chi connectivity index (χ1) is 42.6. The molecule has 1 aliphatic heterocycles. The first kappa shape index (κ1) is 50.6. The van der Waals surface area contributed by atoms with Crippen molar-refractivity contribution in [2.24, 2.45) is 0 Å². The Bertz CT molecular complexity index is 4800. The van der Waals surface area contributed by atoms with Crippen LogP contribution >= 0.6 is 0 Å². The standard InChI is InChI=1S/C81H54N4Si/c1-6-19-55(20-7-1)60-33-37-62(38-34-60)79-82-80(63-39-35-61(36-40-63)56-21-8-2-9-22-56)84-81(83-79)64-41-45-69(46-42-64)86(77-49-43-66(58-25-12-4-13-26-58)52-73(77)74-53-67(44-50-78(74)86)59-27-14-5-15-28-59)70-47-48-76-72(54-70)71-31-16-17-32-75(71)85(76)68-30-18-29-65(51-68)57-23-10-3-11-24-57/h1-54H. The normalized spacial score (nSPS) is 12.3. The molecule has 0 N–H and O–H groups in total. The lowest BCUT2D eigenvalue weighted by Gasteiger charge is -2.32. The number of nitrogens with zero attached hydrogens (tertiary/aromatic N) is 4. The molecule has 0 bridgehead atoms. The fourth-order valence-corrected chi connectivity index (χ4v) is 18.3. The number of fused-ring (bicyclic) bond motifs is 6. The van der Waals surface area contributed by atoms with E-state index in [1.807, 2.05) is 12.1 Å². The molecule has 4 nitrogen and oxygen atoms in total. The summed E-state index contributed by atoms with van der Waals surface area (Å²) in [5.41, 5.74) is 20.5. The number of rotatable bonds is 11. The fourth-order valence-electron chi connectivity index (χ4n) is 13.2. The highest BCUT2D eigenvalue weighted by Gasteiger charge is 2.49. The van der Waals surface area contributed by atoms with Crippen LogP contribution < -0.4 is 20.7 Å². The van der Waals surface area contributed by atoms with Crippen molar-refractivity contribution in [3.8, 4) is 107 Å². The molecule has 3 heterocycles. The van der Waals surface area contributed by atoms with Crippen molar-refractivity contribution in [3.63, 3.8) is 0 Å². The van der Waals surface area contributed by atoms with E-state index >= 15 is 0 Å². The Balaban J connectivity index is 0.897. The van der Waals surface area contributed by atoms with Crippen molar-refractivity contribution < 1.29 is 0 Å². The molecule has 2 aromatic heterocycles. The predicted molar refractivity (Wildman–Crippen MR) is 360 cm³/mol. The van der Waals surface area contributed by atoms with Crippen molar-refractivity contribution in [3.05, 3.63) is 328 Å². The highest BCUT2D eigenvalue weighted by atomic mass is 28.3. The summed E-state index contributed by atoms with van der Waals surface area (Å²) >= 11 is 0. The van der Waals surface area contributed by atoms with Gasteiger partial charge >= 0.3 is 0 Å². The maximum absolute atomic E-state index is 5.32. The van der Waals surface area contributed by atoms with Gasteiger partial charge < -0.3 is 4.57 Å². The topological polar surface area (TPSA) is 43.6 Å². The molecule has 0 aliphatic carbocycles. The van der Waals surface area contributed by atoms with Crippen LogP contribution in [0.5, 0.6) is 0 Å². The molecular formula is C81H54N4Si. The molecule has 0 radical (unpaired) electrons. The number of benzene rings is 13. The lowest BCUT2D eigenvalue weighted by molar-refractivity contribution is 1.07. The summed E-state index contributed by atoms with van der Waals surface area (Å²) < 4.78 is 2.45. The maximum atomic E-state index is 5.32. The summed E-state index contributed by atoms with van der Waals surface area (Å²) in [6.07, 6.45) is 0. The number of hydrogen-bond acceptors (Lipinski definition) is 3. The van der Waals surface area contributed by atoms with Crippen molar-refractivity contribution in [1.29, 1.82) is 0 Å². The minimum atomic E-state index is -3.18. The second-order valence-corrected chi connectivity index (χ2v) is 26.0. The summed E-state index contributed by atoms with van der Waals surface area (Å²) in [6, 6.07) is 119. The Morgan fingerprint density at radius 1 is 0.221 bits per heavy atom. The Hall–Kier alpha value is -11.1. The quantitative estimate of drug-likeness (QED) is 0.121. The first-order valence-corrected chi connectivity index (χ1v) is 31.4. The molecule has 0 atom stereocenters. The lowest BCUT2D eigenvalue weighted by atomic mass is 9.96. The third-order valence-corrected chi connectivity index (χ3v) is 22.2. The number of para-hydroxylation sites is 1. The first-order valence-electron chi connectivity index (χ1n) is 29.4. The molecular weight excluding hydrogens is 1060 g/mol. The van der Waals surface area contributed by atoms with E-state index in [0.29, 0.717) is 17.5 Å². The maximum Gasteiger partial charge on any atom is 0.180 e. The van der Waals surface area contributed by atoms with E-state index < -0.39 is 8.07 Å². The number of hydrogen-bond donors (Lipinski definition) is 0. The minimum absolute atomic E-state index is 0.615. The van der Waals surface area contributed by atoms with Gasteiger partial charge in [-0.1, -0.05) is 291 Å². The number of aromatic nitrogens is 4. The molecule has 0 spiro atoms. The zero-order valence-corrected chi connectivity index (χ0v) is 48.0. The molecule has 0 amide bonds.